The summed E-state index contributed by atoms with van der Waals surface area (Å²) in [6.45, 7) is 9.77. The van der Waals surface area contributed by atoms with Crippen LogP contribution in [0.4, 0.5) is 11.5 Å². The zero-order valence-electron chi connectivity index (χ0n) is 12.3. The Morgan fingerprint density at radius 1 is 1.32 bits per heavy atom. The van der Waals surface area contributed by atoms with Gasteiger partial charge in [0.15, 0.2) is 5.82 Å². The molecule has 1 rings (SSSR count). The summed E-state index contributed by atoms with van der Waals surface area (Å²) in [6, 6.07) is 0. The lowest BCUT2D eigenvalue weighted by atomic mass is 9.86. The van der Waals surface area contributed by atoms with Gasteiger partial charge in [-0.25, -0.2) is 4.98 Å². The predicted octanol–water partition coefficient (Wildman–Crippen LogP) is 1.81. The van der Waals surface area contributed by atoms with E-state index in [4.69, 9.17) is 10.5 Å². The third kappa shape index (κ3) is 3.70. The molecular weight excluding hydrogens is 244 g/mol. The Hall–Kier alpha value is -1.56. The van der Waals surface area contributed by atoms with Crippen molar-refractivity contribution in [2.45, 2.75) is 52.2 Å². The van der Waals surface area contributed by atoms with Gasteiger partial charge in [-0.2, -0.15) is 4.98 Å². The summed E-state index contributed by atoms with van der Waals surface area (Å²) in [4.78, 5) is 8.12. The molecule has 0 fully saturated rings. The number of ether oxygens (including phenoxy) is 1. The molecular formula is C13H24N4O2. The van der Waals surface area contributed by atoms with Crippen LogP contribution < -0.4 is 15.8 Å². The smallest absolute Gasteiger partial charge is 0.242 e. The van der Waals surface area contributed by atoms with E-state index in [1.54, 1.807) is 13.8 Å². The van der Waals surface area contributed by atoms with Crippen molar-refractivity contribution in [2.24, 2.45) is 0 Å². The largest absolute Gasteiger partial charge is 0.476 e. The normalized spacial score (nSPS) is 12.3. The minimum Gasteiger partial charge on any atom is -0.476 e. The molecule has 0 spiro atoms. The summed E-state index contributed by atoms with van der Waals surface area (Å²) >= 11 is 0. The molecule has 0 aliphatic carbocycles. The fourth-order valence-electron chi connectivity index (χ4n) is 1.24. The molecule has 4 N–H and O–H groups in total. The molecule has 1 aromatic heterocycles. The number of aliphatic hydroxyl groups is 1. The Morgan fingerprint density at radius 3 is 2.47 bits per heavy atom. The van der Waals surface area contributed by atoms with Crippen molar-refractivity contribution >= 4 is 11.5 Å². The first kappa shape index (κ1) is 15.5. The third-order valence-electron chi connectivity index (χ3n) is 3.25. The number of nitrogens with zero attached hydrogens (tertiary/aromatic N) is 2. The molecule has 0 saturated heterocycles. The van der Waals surface area contributed by atoms with Crippen molar-refractivity contribution in [3.63, 3.8) is 0 Å². The lowest BCUT2D eigenvalue weighted by Crippen LogP contribution is -2.51. The summed E-state index contributed by atoms with van der Waals surface area (Å²) in [5.74, 6) is 0.833. The molecule has 6 nitrogen and oxygen atoms in total. The minimum atomic E-state index is -0.936. The second kappa shape index (κ2) is 5.61. The van der Waals surface area contributed by atoms with E-state index >= 15 is 0 Å². The molecule has 6 heteroatoms. The number of hydrogen-bond acceptors (Lipinski definition) is 6. The van der Waals surface area contributed by atoms with E-state index < -0.39 is 11.1 Å². The van der Waals surface area contributed by atoms with Crippen LogP contribution in [0.15, 0.2) is 6.33 Å². The molecule has 0 amide bonds. The van der Waals surface area contributed by atoms with Crippen LogP contribution in [-0.4, -0.2) is 32.8 Å². The summed E-state index contributed by atoms with van der Waals surface area (Å²) in [6.07, 6.45) is 2.27. The van der Waals surface area contributed by atoms with Gasteiger partial charge in [0.05, 0.1) is 17.7 Å². The Kier molecular flexibility index (Phi) is 4.57. The lowest BCUT2D eigenvalue weighted by Gasteiger charge is -2.38. The van der Waals surface area contributed by atoms with Gasteiger partial charge in [0, 0.05) is 0 Å². The maximum absolute atomic E-state index is 10.1. The highest BCUT2D eigenvalue weighted by atomic mass is 16.5. The minimum absolute atomic E-state index is 0.355. The first-order valence-corrected chi connectivity index (χ1v) is 6.43. The van der Waals surface area contributed by atoms with Crippen molar-refractivity contribution in [1.82, 2.24) is 9.97 Å². The van der Waals surface area contributed by atoms with Crippen LogP contribution in [0, 0.1) is 0 Å². The molecule has 108 valence electrons. The summed E-state index contributed by atoms with van der Waals surface area (Å²) < 4.78 is 5.45. The highest BCUT2D eigenvalue weighted by Crippen LogP contribution is 2.30. The second-order valence-corrected chi connectivity index (χ2v) is 5.60. The van der Waals surface area contributed by atoms with Crippen LogP contribution in [0.1, 0.15) is 41.0 Å². The highest BCUT2D eigenvalue weighted by molar-refractivity contribution is 5.67. The number of hydrogen-bond donors (Lipinski definition) is 3. The van der Waals surface area contributed by atoms with Crippen molar-refractivity contribution in [2.75, 3.05) is 17.7 Å². The number of nitrogen functional groups attached to an aromatic ring is 1. The quantitative estimate of drug-likeness (QED) is 0.728. The van der Waals surface area contributed by atoms with Crippen LogP contribution in [0.5, 0.6) is 5.88 Å². The van der Waals surface area contributed by atoms with Gasteiger partial charge in [0.1, 0.15) is 12.0 Å². The van der Waals surface area contributed by atoms with Gasteiger partial charge in [-0.1, -0.05) is 6.92 Å². The Bertz CT molecular complexity index is 427. The van der Waals surface area contributed by atoms with Gasteiger partial charge in [0.25, 0.3) is 0 Å². The molecule has 0 aliphatic heterocycles. The summed E-state index contributed by atoms with van der Waals surface area (Å²) in [5.41, 5.74) is 4.80. The average Bonchev–Trinajstić information content (AvgIpc) is 2.28. The van der Waals surface area contributed by atoms with E-state index in [1.807, 2.05) is 20.8 Å². The molecule has 1 aromatic rings. The number of aromatic nitrogens is 2. The van der Waals surface area contributed by atoms with Gasteiger partial charge >= 0.3 is 0 Å². The van der Waals surface area contributed by atoms with Gasteiger partial charge in [0.2, 0.25) is 5.88 Å². The maximum Gasteiger partial charge on any atom is 0.242 e. The van der Waals surface area contributed by atoms with E-state index in [1.165, 1.54) is 6.33 Å². The molecule has 0 atom stereocenters. The predicted molar refractivity (Wildman–Crippen MR) is 76.2 cm³/mol. The second-order valence-electron chi connectivity index (χ2n) is 5.60. The van der Waals surface area contributed by atoms with E-state index in [2.05, 4.69) is 15.3 Å². The highest BCUT2D eigenvalue weighted by Gasteiger charge is 2.35. The van der Waals surface area contributed by atoms with E-state index in [9.17, 15) is 5.11 Å². The van der Waals surface area contributed by atoms with Crippen LogP contribution in [-0.2, 0) is 0 Å². The maximum atomic E-state index is 10.1. The van der Waals surface area contributed by atoms with E-state index in [0.29, 0.717) is 24.0 Å². The zero-order chi connectivity index (χ0) is 14.7. The standard InChI is InChI=1S/C13H24N4O2/c1-6-7-19-11-9(14)10(15-8-16-11)17-12(2,3)13(4,5)18/h8,18H,6-7,14H2,1-5H3,(H,15,16,17). The molecule has 0 aliphatic rings. The molecule has 0 bridgehead atoms. The van der Waals surface area contributed by atoms with Crippen molar-refractivity contribution in [1.29, 1.82) is 0 Å². The summed E-state index contributed by atoms with van der Waals surface area (Å²) in [7, 11) is 0. The number of anilines is 2. The van der Waals surface area contributed by atoms with Crippen molar-refractivity contribution in [3.8, 4) is 5.88 Å². The molecule has 19 heavy (non-hydrogen) atoms. The van der Waals surface area contributed by atoms with Gasteiger partial charge in [-0.05, 0) is 34.1 Å². The monoisotopic (exact) mass is 268 g/mol. The number of nitrogens with two attached hydrogens (primary N) is 1. The topological polar surface area (TPSA) is 93.3 Å². The van der Waals surface area contributed by atoms with Gasteiger partial charge in [-0.3, -0.25) is 0 Å². The molecule has 0 saturated carbocycles. The number of rotatable bonds is 6. The molecule has 0 unspecified atom stereocenters. The first-order chi connectivity index (χ1) is 8.69. The lowest BCUT2D eigenvalue weighted by molar-refractivity contribution is 0.0239. The Morgan fingerprint density at radius 2 is 1.95 bits per heavy atom. The Labute approximate surface area is 114 Å². The SMILES string of the molecule is CCCOc1ncnc(NC(C)(C)C(C)(C)O)c1N. The fraction of sp³-hybridized carbons (Fsp3) is 0.692. The van der Waals surface area contributed by atoms with Crippen LogP contribution in [0.3, 0.4) is 0 Å². The van der Waals surface area contributed by atoms with E-state index in [-0.39, 0.29) is 0 Å². The van der Waals surface area contributed by atoms with Crippen molar-refractivity contribution < 1.29 is 9.84 Å². The zero-order valence-corrected chi connectivity index (χ0v) is 12.3. The van der Waals surface area contributed by atoms with Crippen LogP contribution >= 0.6 is 0 Å². The van der Waals surface area contributed by atoms with Gasteiger partial charge in [-0.15, -0.1) is 0 Å². The molecule has 1 heterocycles. The molecule has 0 aromatic carbocycles. The first-order valence-electron chi connectivity index (χ1n) is 6.43. The van der Waals surface area contributed by atoms with Crippen molar-refractivity contribution in [3.05, 3.63) is 6.33 Å². The van der Waals surface area contributed by atoms with E-state index in [0.717, 1.165) is 6.42 Å². The Balaban J connectivity index is 2.96. The average molecular weight is 268 g/mol. The molecule has 0 radical (unpaired) electrons. The van der Waals surface area contributed by atoms with Crippen LogP contribution in [0.25, 0.3) is 0 Å². The fourth-order valence-corrected chi connectivity index (χ4v) is 1.24. The third-order valence-corrected chi connectivity index (χ3v) is 3.25. The van der Waals surface area contributed by atoms with Crippen LogP contribution in [0.2, 0.25) is 0 Å². The summed E-state index contributed by atoms with van der Waals surface area (Å²) in [5, 5.41) is 13.3. The van der Waals surface area contributed by atoms with Gasteiger partial charge < -0.3 is 20.9 Å². The number of nitrogens with one attached hydrogen (secondary N) is 1.